The lowest BCUT2D eigenvalue weighted by atomic mass is 9.63. The Hall–Kier alpha value is -3.15. The van der Waals surface area contributed by atoms with E-state index in [4.69, 9.17) is 4.42 Å². The number of hydrazine groups is 1. The Morgan fingerprint density at radius 1 is 1.07 bits per heavy atom. The van der Waals surface area contributed by atoms with Gasteiger partial charge in [0.05, 0.1) is 0 Å². The Balaban J connectivity index is 1.54. The molecule has 0 aliphatic carbocycles. The molecule has 5 nitrogen and oxygen atoms in total. The first-order chi connectivity index (χ1) is 13.1. The van der Waals surface area contributed by atoms with E-state index in [0.717, 1.165) is 21.7 Å². The minimum atomic E-state index is 0.180. The number of anilines is 1. The molecule has 0 unspecified atom stereocenters. The van der Waals surface area contributed by atoms with Gasteiger partial charge in [0, 0.05) is 40.6 Å². The molecule has 0 bridgehead atoms. The Bertz CT molecular complexity index is 1150. The van der Waals surface area contributed by atoms with Crippen molar-refractivity contribution in [3.8, 4) is 0 Å². The van der Waals surface area contributed by atoms with Crippen LogP contribution >= 0.6 is 0 Å². The van der Waals surface area contributed by atoms with Crippen molar-refractivity contribution in [2.24, 2.45) is 0 Å². The normalized spacial score (nSPS) is 18.7. The summed E-state index contributed by atoms with van der Waals surface area (Å²) >= 11 is 0. The summed E-state index contributed by atoms with van der Waals surface area (Å²) in [6, 6.07) is 14.6. The number of aromatic nitrogens is 1. The molecule has 0 N–H and O–H groups in total. The first-order valence-electron chi connectivity index (χ1n) is 9.30. The van der Waals surface area contributed by atoms with Gasteiger partial charge in [-0.3, -0.25) is 5.01 Å². The van der Waals surface area contributed by atoms with Crippen molar-refractivity contribution < 1.29 is 4.42 Å². The van der Waals surface area contributed by atoms with Crippen LogP contribution in [0.3, 0.4) is 0 Å². The summed E-state index contributed by atoms with van der Waals surface area (Å²) in [5.41, 5.74) is 3.76. The van der Waals surface area contributed by atoms with Gasteiger partial charge in [-0.05, 0) is 44.1 Å². The van der Waals surface area contributed by atoms with Crippen LogP contribution in [0.1, 0.15) is 12.6 Å². The Kier molecular flexibility index (Phi) is 3.54. The zero-order valence-electron chi connectivity index (χ0n) is 15.7. The molecule has 5 rings (SSSR count). The standard InChI is InChI=1S/C21H21BN4O/c1-15-9-10-18-19-14-26(22(3)13-20(19)27-21(18)23-15)25-12-11-24(16(25)2)17-7-5-4-6-8-17/h4-14,16H,1-3H3/t16-/m0/s1. The molecule has 0 radical (unpaired) electrons. The molecule has 2 aromatic heterocycles. The SMILES string of the molecule is CB1C=c2oc3nc(C)ccc3c2=CN1N1C=CN(c2ccccc2)[C@@H]1C. The van der Waals surface area contributed by atoms with Crippen LogP contribution in [-0.2, 0) is 0 Å². The summed E-state index contributed by atoms with van der Waals surface area (Å²) in [6.07, 6.45) is 6.63. The van der Waals surface area contributed by atoms with E-state index < -0.39 is 0 Å². The maximum atomic E-state index is 6.00. The lowest BCUT2D eigenvalue weighted by Crippen LogP contribution is -2.53. The van der Waals surface area contributed by atoms with Crippen molar-refractivity contribution >= 4 is 35.8 Å². The third-order valence-corrected chi connectivity index (χ3v) is 5.32. The fourth-order valence-corrected chi connectivity index (χ4v) is 3.88. The van der Waals surface area contributed by atoms with Crippen molar-refractivity contribution in [2.75, 3.05) is 4.90 Å². The summed E-state index contributed by atoms with van der Waals surface area (Å²) < 4.78 is 6.00. The highest BCUT2D eigenvalue weighted by Gasteiger charge is 2.31. The smallest absolute Gasteiger partial charge is 0.306 e. The largest absolute Gasteiger partial charge is 0.439 e. The first kappa shape index (κ1) is 16.1. The molecule has 0 fully saturated rings. The number of hydrogen-bond donors (Lipinski definition) is 0. The molecule has 3 aromatic rings. The predicted octanol–water partition coefficient (Wildman–Crippen LogP) is 2.69. The first-order valence-corrected chi connectivity index (χ1v) is 9.30. The summed E-state index contributed by atoms with van der Waals surface area (Å²) in [7, 11) is 0. The average Bonchev–Trinajstić information content (AvgIpc) is 3.21. The van der Waals surface area contributed by atoms with Crippen LogP contribution in [0.25, 0.3) is 23.3 Å². The molecule has 27 heavy (non-hydrogen) atoms. The molecule has 0 amide bonds. The summed E-state index contributed by atoms with van der Waals surface area (Å²) in [5.74, 6) is 2.16. The Labute approximate surface area is 158 Å². The number of furan rings is 1. The van der Waals surface area contributed by atoms with E-state index in [1.165, 1.54) is 5.69 Å². The Morgan fingerprint density at radius 3 is 2.70 bits per heavy atom. The van der Waals surface area contributed by atoms with Gasteiger partial charge in [-0.15, -0.1) is 0 Å². The van der Waals surface area contributed by atoms with Crippen molar-refractivity contribution in [1.29, 1.82) is 0 Å². The second-order valence-electron chi connectivity index (χ2n) is 7.15. The monoisotopic (exact) mass is 356 g/mol. The second-order valence-corrected chi connectivity index (χ2v) is 7.15. The van der Waals surface area contributed by atoms with Gasteiger partial charge in [0.15, 0.2) is 0 Å². The van der Waals surface area contributed by atoms with Crippen LogP contribution in [0.2, 0.25) is 6.82 Å². The summed E-state index contributed by atoms with van der Waals surface area (Å²) in [4.78, 5) is 9.07. The van der Waals surface area contributed by atoms with E-state index in [9.17, 15) is 0 Å². The van der Waals surface area contributed by atoms with Gasteiger partial charge in [0.2, 0.25) is 5.71 Å². The number of aryl methyl sites for hydroxylation is 1. The van der Waals surface area contributed by atoms with Crippen molar-refractivity contribution in [2.45, 2.75) is 26.8 Å². The molecule has 1 aromatic carbocycles. The van der Waals surface area contributed by atoms with Gasteiger partial charge >= 0.3 is 6.85 Å². The highest BCUT2D eigenvalue weighted by molar-refractivity contribution is 6.70. The number of para-hydroxylation sites is 1. The lowest BCUT2D eigenvalue weighted by molar-refractivity contribution is 0.153. The van der Waals surface area contributed by atoms with Gasteiger partial charge in [0.1, 0.15) is 11.6 Å². The fraction of sp³-hybridized carbons (Fsp3) is 0.190. The quantitative estimate of drug-likeness (QED) is 0.660. The molecule has 2 aliphatic heterocycles. The summed E-state index contributed by atoms with van der Waals surface area (Å²) in [5, 5.41) is 4.41. The number of rotatable bonds is 2. The number of nitrogens with zero attached hydrogens (tertiary/aromatic N) is 4. The topological polar surface area (TPSA) is 35.8 Å². The van der Waals surface area contributed by atoms with E-state index in [1.807, 2.05) is 19.1 Å². The van der Waals surface area contributed by atoms with E-state index in [1.54, 1.807) is 0 Å². The highest BCUT2D eigenvalue weighted by atomic mass is 16.3. The molecule has 2 aliphatic rings. The van der Waals surface area contributed by atoms with Gasteiger partial charge in [0.25, 0.3) is 0 Å². The highest BCUT2D eigenvalue weighted by Crippen LogP contribution is 2.26. The third kappa shape index (κ3) is 2.52. The van der Waals surface area contributed by atoms with Crippen molar-refractivity contribution in [1.82, 2.24) is 14.9 Å². The number of pyridine rings is 1. The molecular formula is C21H21BN4O. The number of hydrogen-bond acceptors (Lipinski definition) is 5. The Morgan fingerprint density at radius 2 is 1.89 bits per heavy atom. The average molecular weight is 356 g/mol. The van der Waals surface area contributed by atoms with E-state index in [-0.39, 0.29) is 13.0 Å². The lowest BCUT2D eigenvalue weighted by Gasteiger charge is -2.40. The molecule has 4 heterocycles. The molecule has 6 heteroatoms. The minimum absolute atomic E-state index is 0.180. The molecular weight excluding hydrogens is 335 g/mol. The van der Waals surface area contributed by atoms with Gasteiger partial charge in [-0.2, -0.15) is 0 Å². The van der Waals surface area contributed by atoms with Crippen LogP contribution in [0.5, 0.6) is 0 Å². The predicted molar refractivity (Wildman–Crippen MR) is 110 cm³/mol. The van der Waals surface area contributed by atoms with Crippen LogP contribution in [0, 0.1) is 6.92 Å². The van der Waals surface area contributed by atoms with Gasteiger partial charge in [-0.1, -0.05) is 25.0 Å². The molecule has 0 saturated heterocycles. The second kappa shape index (κ2) is 5.94. The zero-order valence-corrected chi connectivity index (χ0v) is 15.7. The minimum Gasteiger partial charge on any atom is -0.439 e. The molecule has 1 atom stereocenters. The van der Waals surface area contributed by atoms with Crippen LogP contribution in [0.15, 0.2) is 59.3 Å². The maximum absolute atomic E-state index is 6.00. The van der Waals surface area contributed by atoms with E-state index >= 15 is 0 Å². The third-order valence-electron chi connectivity index (χ3n) is 5.32. The van der Waals surface area contributed by atoms with Crippen LogP contribution < -0.4 is 15.5 Å². The van der Waals surface area contributed by atoms with Crippen LogP contribution in [0.4, 0.5) is 5.69 Å². The van der Waals surface area contributed by atoms with Crippen molar-refractivity contribution in [3.63, 3.8) is 0 Å². The van der Waals surface area contributed by atoms with E-state index in [0.29, 0.717) is 5.71 Å². The zero-order chi connectivity index (χ0) is 18.5. The maximum Gasteiger partial charge on any atom is 0.306 e. The van der Waals surface area contributed by atoms with Crippen LogP contribution in [-0.4, -0.2) is 27.9 Å². The molecule has 0 spiro atoms. The molecule has 0 saturated carbocycles. The number of fused-ring (bicyclic) bond motifs is 3. The van der Waals surface area contributed by atoms with Crippen molar-refractivity contribution in [3.05, 3.63) is 71.2 Å². The van der Waals surface area contributed by atoms with Gasteiger partial charge in [-0.25, -0.2) is 4.98 Å². The number of benzene rings is 1. The van der Waals surface area contributed by atoms with Gasteiger partial charge < -0.3 is 14.2 Å². The van der Waals surface area contributed by atoms with E-state index in [2.05, 4.69) is 88.5 Å². The summed E-state index contributed by atoms with van der Waals surface area (Å²) in [6.45, 7) is 6.55. The molecule has 134 valence electrons. The fourth-order valence-electron chi connectivity index (χ4n) is 3.88.